The summed E-state index contributed by atoms with van der Waals surface area (Å²) in [5.74, 6) is -1.34. The van der Waals surface area contributed by atoms with E-state index in [1.54, 1.807) is 26.8 Å². The summed E-state index contributed by atoms with van der Waals surface area (Å²) in [4.78, 5) is 11.1. The molecule has 1 aromatic carbocycles. The van der Waals surface area contributed by atoms with Crippen molar-refractivity contribution in [1.82, 2.24) is 10.5 Å². The van der Waals surface area contributed by atoms with Crippen molar-refractivity contribution in [2.24, 2.45) is 0 Å². The number of nitrogens with zero attached hydrogens (tertiary/aromatic N) is 1. The maximum Gasteiger partial charge on any atom is 0.217 e. The van der Waals surface area contributed by atoms with Crippen LogP contribution in [0.25, 0.3) is 0 Å². The van der Waals surface area contributed by atoms with E-state index in [0.29, 0.717) is 18.6 Å². The summed E-state index contributed by atoms with van der Waals surface area (Å²) in [5.41, 5.74) is 0.744. The lowest BCUT2D eigenvalue weighted by Crippen LogP contribution is -2.33. The highest BCUT2D eigenvalue weighted by Crippen LogP contribution is 2.40. The fraction of sp³-hybridized carbons (Fsp3) is 0.500. The Balaban J connectivity index is 1.58. The second-order valence-electron chi connectivity index (χ2n) is 7.37. The van der Waals surface area contributed by atoms with Gasteiger partial charge in [0.05, 0.1) is 17.8 Å². The summed E-state index contributed by atoms with van der Waals surface area (Å²) in [6.45, 7) is 6.79. The molecule has 28 heavy (non-hydrogen) atoms. The molecule has 1 aliphatic rings. The number of nitrogens with one attached hydrogen (secondary N) is 1. The molecular weight excluding hydrogens is 370 g/mol. The van der Waals surface area contributed by atoms with E-state index in [2.05, 4.69) is 10.5 Å². The van der Waals surface area contributed by atoms with Gasteiger partial charge in [-0.25, -0.2) is 8.78 Å². The molecule has 152 valence electrons. The number of hydrogen-bond donors (Lipinski definition) is 1. The summed E-state index contributed by atoms with van der Waals surface area (Å²) in [7, 11) is 0. The normalized spacial score (nSPS) is 19.8. The van der Waals surface area contributed by atoms with Gasteiger partial charge in [0, 0.05) is 31.0 Å². The standard InChI is InChI=1S/C20H24F2N2O4/c1-10(2)26-15-7-16(21)20(17(22)8-15)27-14-5-13(6-14)18-9-19(28-24-18)11(3)23-12(4)25/h7-11,13-14H,5-6H2,1-4H3,(H,23,25)/t11-,13?,14?/m0/s1. The number of rotatable bonds is 7. The Hall–Kier alpha value is -2.64. The molecule has 0 spiro atoms. The molecule has 2 aromatic rings. The van der Waals surface area contributed by atoms with Gasteiger partial charge in [0.2, 0.25) is 5.91 Å². The number of carbonyl (C=O) groups is 1. The highest BCUT2D eigenvalue weighted by atomic mass is 19.1. The number of halogens is 2. The molecule has 3 rings (SSSR count). The van der Waals surface area contributed by atoms with Crippen LogP contribution in [0.1, 0.15) is 64.0 Å². The highest BCUT2D eigenvalue weighted by molar-refractivity contribution is 5.73. The van der Waals surface area contributed by atoms with E-state index in [4.69, 9.17) is 14.0 Å². The van der Waals surface area contributed by atoms with Crippen molar-refractivity contribution in [3.63, 3.8) is 0 Å². The van der Waals surface area contributed by atoms with Gasteiger partial charge in [0.15, 0.2) is 23.1 Å². The van der Waals surface area contributed by atoms with Gasteiger partial charge in [0.1, 0.15) is 11.9 Å². The van der Waals surface area contributed by atoms with Crippen LogP contribution in [0.2, 0.25) is 0 Å². The molecule has 0 unspecified atom stereocenters. The van der Waals surface area contributed by atoms with Crippen molar-refractivity contribution in [2.75, 3.05) is 0 Å². The molecule has 0 saturated heterocycles. The van der Waals surface area contributed by atoms with Crippen LogP contribution in [0.4, 0.5) is 8.78 Å². The van der Waals surface area contributed by atoms with E-state index in [9.17, 15) is 13.6 Å². The predicted octanol–water partition coefficient (Wildman–Crippen LogP) is 4.26. The van der Waals surface area contributed by atoms with Crippen molar-refractivity contribution in [3.05, 3.63) is 41.3 Å². The van der Waals surface area contributed by atoms with E-state index in [1.807, 2.05) is 0 Å². The molecule has 8 heteroatoms. The highest BCUT2D eigenvalue weighted by Gasteiger charge is 2.35. The Morgan fingerprint density at radius 3 is 2.43 bits per heavy atom. The van der Waals surface area contributed by atoms with Crippen molar-refractivity contribution < 1.29 is 27.6 Å². The maximum absolute atomic E-state index is 14.2. The molecule has 1 amide bonds. The largest absolute Gasteiger partial charge is 0.491 e. The first kappa shape index (κ1) is 20.1. The molecule has 1 saturated carbocycles. The molecule has 1 fully saturated rings. The van der Waals surface area contributed by atoms with Crippen molar-refractivity contribution in [1.29, 1.82) is 0 Å². The van der Waals surface area contributed by atoms with E-state index >= 15 is 0 Å². The molecule has 1 N–H and O–H groups in total. The third kappa shape index (κ3) is 4.61. The van der Waals surface area contributed by atoms with Crippen LogP contribution in [0, 0.1) is 11.6 Å². The fourth-order valence-electron chi connectivity index (χ4n) is 3.14. The number of aromatic nitrogens is 1. The van der Waals surface area contributed by atoms with Gasteiger partial charge in [-0.15, -0.1) is 0 Å². The zero-order valence-electron chi connectivity index (χ0n) is 16.3. The van der Waals surface area contributed by atoms with E-state index < -0.39 is 11.6 Å². The zero-order chi connectivity index (χ0) is 20.4. The van der Waals surface area contributed by atoms with Gasteiger partial charge in [-0.1, -0.05) is 5.16 Å². The molecule has 6 nitrogen and oxygen atoms in total. The second kappa shape index (κ2) is 8.16. The summed E-state index contributed by atoms with van der Waals surface area (Å²) in [5, 5.41) is 6.76. The van der Waals surface area contributed by atoms with Crippen molar-refractivity contribution >= 4 is 5.91 Å². The predicted molar refractivity (Wildman–Crippen MR) is 97.2 cm³/mol. The smallest absolute Gasteiger partial charge is 0.217 e. The van der Waals surface area contributed by atoms with Crippen LogP contribution in [-0.2, 0) is 4.79 Å². The summed E-state index contributed by atoms with van der Waals surface area (Å²) < 4.78 is 44.5. The number of carbonyl (C=O) groups excluding carboxylic acids is 1. The number of hydrogen-bond acceptors (Lipinski definition) is 5. The number of benzene rings is 1. The van der Waals surface area contributed by atoms with E-state index in [1.165, 1.54) is 6.92 Å². The first-order valence-electron chi connectivity index (χ1n) is 9.29. The van der Waals surface area contributed by atoms with Crippen LogP contribution in [0.15, 0.2) is 22.7 Å². The minimum atomic E-state index is -0.785. The average molecular weight is 394 g/mol. The zero-order valence-corrected chi connectivity index (χ0v) is 16.3. The fourth-order valence-corrected chi connectivity index (χ4v) is 3.14. The summed E-state index contributed by atoms with van der Waals surface area (Å²) in [6, 6.07) is 3.77. The lowest BCUT2D eigenvalue weighted by Gasteiger charge is -2.34. The van der Waals surface area contributed by atoms with Gasteiger partial charge >= 0.3 is 0 Å². The minimum Gasteiger partial charge on any atom is -0.491 e. The topological polar surface area (TPSA) is 73.6 Å². The van der Waals surface area contributed by atoms with Crippen LogP contribution in [0.3, 0.4) is 0 Å². The van der Waals surface area contributed by atoms with E-state index in [0.717, 1.165) is 17.8 Å². The molecule has 0 bridgehead atoms. The van der Waals surface area contributed by atoms with Crippen LogP contribution in [-0.4, -0.2) is 23.3 Å². The Labute approximate surface area is 162 Å². The van der Waals surface area contributed by atoms with Gasteiger partial charge in [-0.2, -0.15) is 0 Å². The van der Waals surface area contributed by atoms with Gasteiger partial charge in [-0.05, 0) is 33.6 Å². The third-order valence-corrected chi connectivity index (χ3v) is 4.53. The summed E-state index contributed by atoms with van der Waals surface area (Å²) in [6.07, 6.45) is 0.658. The third-order valence-electron chi connectivity index (χ3n) is 4.53. The minimum absolute atomic E-state index is 0.0849. The maximum atomic E-state index is 14.2. The molecule has 1 heterocycles. The number of ether oxygens (including phenoxy) is 2. The van der Waals surface area contributed by atoms with Gasteiger partial charge in [-0.3, -0.25) is 4.79 Å². The quantitative estimate of drug-likeness (QED) is 0.760. The SMILES string of the molecule is CC(=O)N[C@@H](C)c1cc(C2CC(Oc3c(F)cc(OC(C)C)cc3F)C2)no1. The molecule has 1 atom stereocenters. The molecule has 1 aliphatic carbocycles. The van der Waals surface area contributed by atoms with Crippen molar-refractivity contribution in [2.45, 2.75) is 64.7 Å². The summed E-state index contributed by atoms with van der Waals surface area (Å²) >= 11 is 0. The molecule has 0 radical (unpaired) electrons. The lowest BCUT2D eigenvalue weighted by molar-refractivity contribution is -0.119. The Morgan fingerprint density at radius 1 is 1.21 bits per heavy atom. The van der Waals surface area contributed by atoms with Crippen LogP contribution in [0.5, 0.6) is 11.5 Å². The molecule has 1 aromatic heterocycles. The second-order valence-corrected chi connectivity index (χ2v) is 7.37. The van der Waals surface area contributed by atoms with E-state index in [-0.39, 0.29) is 41.6 Å². The monoisotopic (exact) mass is 394 g/mol. The van der Waals surface area contributed by atoms with Gasteiger partial charge < -0.3 is 19.3 Å². The Kier molecular flexibility index (Phi) is 5.86. The lowest BCUT2D eigenvalue weighted by atomic mass is 9.80. The van der Waals surface area contributed by atoms with Crippen LogP contribution < -0.4 is 14.8 Å². The van der Waals surface area contributed by atoms with Crippen LogP contribution >= 0.6 is 0 Å². The number of amides is 1. The van der Waals surface area contributed by atoms with Gasteiger partial charge in [0.25, 0.3) is 0 Å². The average Bonchev–Trinajstić information content (AvgIpc) is 3.00. The molecular formula is C20H24F2N2O4. The molecule has 0 aliphatic heterocycles. The first-order chi connectivity index (χ1) is 13.2. The Morgan fingerprint density at radius 2 is 1.86 bits per heavy atom. The van der Waals surface area contributed by atoms with Crippen molar-refractivity contribution in [3.8, 4) is 11.5 Å². The Bertz CT molecular complexity index is 823. The first-order valence-corrected chi connectivity index (χ1v) is 9.29.